The van der Waals surface area contributed by atoms with Crippen molar-refractivity contribution in [2.45, 2.75) is 46.2 Å². The first kappa shape index (κ1) is 20.3. The monoisotopic (exact) mass is 403 g/mol. The van der Waals surface area contributed by atoms with Crippen LogP contribution in [-0.4, -0.2) is 57.7 Å². The normalized spacial score (nSPS) is 14.1. The van der Waals surface area contributed by atoms with E-state index in [2.05, 4.69) is 44.2 Å². The fourth-order valence-corrected chi connectivity index (χ4v) is 4.15. The number of carbonyl (C=O) groups is 1. The molecule has 0 saturated heterocycles. The smallest absolute Gasteiger partial charge is 0.224 e. The average Bonchev–Trinajstić information content (AvgIpc) is 3.36. The van der Waals surface area contributed by atoms with Gasteiger partial charge in [0.05, 0.1) is 6.54 Å². The molecule has 28 heavy (non-hydrogen) atoms. The molecule has 2 N–H and O–H groups in total. The Morgan fingerprint density at radius 3 is 3.07 bits per heavy atom. The van der Waals surface area contributed by atoms with Gasteiger partial charge in [-0.2, -0.15) is 0 Å². The summed E-state index contributed by atoms with van der Waals surface area (Å²) < 4.78 is 2.04. The Morgan fingerprint density at radius 1 is 1.36 bits per heavy atom. The summed E-state index contributed by atoms with van der Waals surface area (Å²) in [6.07, 6.45) is 4.01. The minimum Gasteiger partial charge on any atom is -0.357 e. The summed E-state index contributed by atoms with van der Waals surface area (Å²) in [5, 5.41) is 16.7. The van der Waals surface area contributed by atoms with Crippen LogP contribution in [0, 0.1) is 0 Å². The van der Waals surface area contributed by atoms with E-state index in [1.54, 1.807) is 17.7 Å². The van der Waals surface area contributed by atoms with E-state index >= 15 is 0 Å². The zero-order valence-corrected chi connectivity index (χ0v) is 17.5. The van der Waals surface area contributed by atoms with Gasteiger partial charge in [0, 0.05) is 50.4 Å². The lowest BCUT2D eigenvalue weighted by atomic mass is 10.1. The lowest BCUT2D eigenvalue weighted by Gasteiger charge is -2.26. The summed E-state index contributed by atoms with van der Waals surface area (Å²) >= 11 is 1.79. The van der Waals surface area contributed by atoms with E-state index in [-0.39, 0.29) is 5.91 Å². The maximum absolute atomic E-state index is 12.5. The molecule has 0 radical (unpaired) electrons. The van der Waals surface area contributed by atoms with Crippen molar-refractivity contribution < 1.29 is 4.79 Å². The third-order valence-electron chi connectivity index (χ3n) is 4.76. The van der Waals surface area contributed by atoms with Gasteiger partial charge in [0.1, 0.15) is 12.2 Å². The largest absolute Gasteiger partial charge is 0.357 e. The van der Waals surface area contributed by atoms with Crippen LogP contribution < -0.4 is 10.6 Å². The van der Waals surface area contributed by atoms with Gasteiger partial charge in [-0.25, -0.2) is 0 Å². The fraction of sp³-hybridized carbons (Fsp3) is 0.579. The number of rotatable bonds is 8. The molecule has 0 aromatic carbocycles. The summed E-state index contributed by atoms with van der Waals surface area (Å²) in [5.41, 5.74) is 1.29. The molecule has 1 aliphatic heterocycles. The van der Waals surface area contributed by atoms with Gasteiger partial charge in [0.2, 0.25) is 5.91 Å². The van der Waals surface area contributed by atoms with Crippen molar-refractivity contribution in [1.29, 1.82) is 0 Å². The van der Waals surface area contributed by atoms with E-state index in [4.69, 9.17) is 0 Å². The van der Waals surface area contributed by atoms with Gasteiger partial charge < -0.3 is 20.1 Å². The second-order valence-corrected chi connectivity index (χ2v) is 7.67. The van der Waals surface area contributed by atoms with Gasteiger partial charge in [-0.3, -0.25) is 9.79 Å². The Hall–Kier alpha value is -2.42. The third kappa shape index (κ3) is 5.31. The highest BCUT2D eigenvalue weighted by atomic mass is 32.1. The number of aliphatic imine (C=N–C) groups is 1. The molecule has 1 aliphatic rings. The zero-order valence-electron chi connectivity index (χ0n) is 16.6. The lowest BCUT2D eigenvalue weighted by Crippen LogP contribution is -2.39. The number of guanidine groups is 1. The van der Waals surface area contributed by atoms with Crippen molar-refractivity contribution >= 4 is 23.2 Å². The first-order valence-electron chi connectivity index (χ1n) is 9.93. The Morgan fingerprint density at radius 2 is 2.25 bits per heavy atom. The minimum atomic E-state index is 0.175. The van der Waals surface area contributed by atoms with Crippen LogP contribution in [-0.2, 0) is 30.7 Å². The number of thiophene rings is 1. The fourth-order valence-electron chi connectivity index (χ4n) is 3.26. The van der Waals surface area contributed by atoms with Crippen LogP contribution in [0.3, 0.4) is 0 Å². The van der Waals surface area contributed by atoms with E-state index in [1.807, 2.05) is 16.4 Å². The maximum Gasteiger partial charge on any atom is 0.224 e. The van der Waals surface area contributed by atoms with Gasteiger partial charge in [-0.1, -0.05) is 6.92 Å². The summed E-state index contributed by atoms with van der Waals surface area (Å²) in [7, 11) is 0. The molecule has 8 nitrogen and oxygen atoms in total. The van der Waals surface area contributed by atoms with Crippen LogP contribution in [0.5, 0.6) is 0 Å². The molecule has 0 unspecified atom stereocenters. The molecule has 3 heterocycles. The van der Waals surface area contributed by atoms with Gasteiger partial charge in [0.15, 0.2) is 5.96 Å². The minimum absolute atomic E-state index is 0.175. The van der Waals surface area contributed by atoms with Crippen molar-refractivity contribution in [3.05, 3.63) is 34.0 Å². The number of aromatic nitrogens is 3. The van der Waals surface area contributed by atoms with E-state index < -0.39 is 0 Å². The second-order valence-electron chi connectivity index (χ2n) is 6.67. The second kappa shape index (κ2) is 10.2. The number of hydrogen-bond donors (Lipinski definition) is 2. The molecule has 0 aliphatic carbocycles. The standard InChI is InChI=1S/C19H29N7OS/c1-3-17-24-23-14-26(17)11-9-22-19(20-4-2)21-8-5-18(27)25-10-6-16-15(13-25)7-12-28-16/h7,12,14H,3-6,8-11,13H2,1-2H3,(H2,20,21,22). The number of aryl methyl sites for hydroxylation is 1. The number of fused-ring (bicyclic) bond motifs is 1. The molecule has 9 heteroatoms. The maximum atomic E-state index is 12.5. The molecule has 1 amide bonds. The Kier molecular flexibility index (Phi) is 7.41. The van der Waals surface area contributed by atoms with Crippen LogP contribution >= 0.6 is 11.3 Å². The molecule has 152 valence electrons. The van der Waals surface area contributed by atoms with Crippen LogP contribution in [0.4, 0.5) is 0 Å². The molecular weight excluding hydrogens is 374 g/mol. The Bertz CT molecular complexity index is 798. The van der Waals surface area contributed by atoms with Crippen LogP contribution in [0.15, 0.2) is 22.8 Å². The van der Waals surface area contributed by atoms with Crippen molar-refractivity contribution in [3.63, 3.8) is 0 Å². The Labute approximate surface area is 170 Å². The molecule has 3 rings (SSSR count). The van der Waals surface area contributed by atoms with Gasteiger partial charge in [-0.15, -0.1) is 21.5 Å². The molecule has 0 fully saturated rings. The van der Waals surface area contributed by atoms with Gasteiger partial charge in [0.25, 0.3) is 0 Å². The SMILES string of the molecule is CCNC(=NCCC(=O)N1CCc2sccc2C1)NCCn1cnnc1CC. The number of amides is 1. The van der Waals surface area contributed by atoms with E-state index in [0.29, 0.717) is 13.0 Å². The topological polar surface area (TPSA) is 87.4 Å². The first-order valence-corrected chi connectivity index (χ1v) is 10.8. The molecule has 2 aromatic heterocycles. The van der Waals surface area contributed by atoms with Gasteiger partial charge >= 0.3 is 0 Å². The summed E-state index contributed by atoms with van der Waals surface area (Å²) in [6.45, 7) is 8.40. The van der Waals surface area contributed by atoms with Crippen molar-refractivity contribution in [2.75, 3.05) is 26.2 Å². The van der Waals surface area contributed by atoms with E-state index in [9.17, 15) is 4.79 Å². The van der Waals surface area contributed by atoms with Crippen molar-refractivity contribution in [3.8, 4) is 0 Å². The molecule has 2 aromatic rings. The average molecular weight is 404 g/mol. The van der Waals surface area contributed by atoms with Crippen LogP contribution in [0.25, 0.3) is 0 Å². The molecule has 0 saturated carbocycles. The highest BCUT2D eigenvalue weighted by Gasteiger charge is 2.20. The van der Waals surface area contributed by atoms with Gasteiger partial charge in [-0.05, 0) is 30.4 Å². The van der Waals surface area contributed by atoms with Crippen LogP contribution in [0.1, 0.15) is 36.5 Å². The first-order chi connectivity index (χ1) is 13.7. The summed E-state index contributed by atoms with van der Waals surface area (Å²) in [5.74, 6) is 1.89. The van der Waals surface area contributed by atoms with Crippen molar-refractivity contribution in [2.24, 2.45) is 4.99 Å². The lowest BCUT2D eigenvalue weighted by molar-refractivity contribution is -0.131. The van der Waals surface area contributed by atoms with E-state index in [0.717, 1.165) is 57.3 Å². The summed E-state index contributed by atoms with van der Waals surface area (Å²) in [6, 6.07) is 2.13. The van der Waals surface area contributed by atoms with Crippen LogP contribution in [0.2, 0.25) is 0 Å². The number of nitrogens with zero attached hydrogens (tertiary/aromatic N) is 5. The molecule has 0 atom stereocenters. The number of nitrogens with one attached hydrogen (secondary N) is 2. The molecular formula is C19H29N7OS. The zero-order chi connectivity index (χ0) is 19.8. The predicted octanol–water partition coefficient (Wildman–Crippen LogP) is 1.43. The number of hydrogen-bond acceptors (Lipinski definition) is 5. The van der Waals surface area contributed by atoms with Crippen molar-refractivity contribution in [1.82, 2.24) is 30.3 Å². The Balaban J connectivity index is 1.44. The molecule has 0 bridgehead atoms. The highest BCUT2D eigenvalue weighted by molar-refractivity contribution is 7.10. The summed E-state index contributed by atoms with van der Waals surface area (Å²) in [4.78, 5) is 20.4. The predicted molar refractivity (Wildman–Crippen MR) is 111 cm³/mol. The third-order valence-corrected chi connectivity index (χ3v) is 5.78. The number of carbonyl (C=O) groups excluding carboxylic acids is 1. The quantitative estimate of drug-likeness (QED) is 0.514. The molecule has 0 spiro atoms. The highest BCUT2D eigenvalue weighted by Crippen LogP contribution is 2.24. The van der Waals surface area contributed by atoms with E-state index in [1.165, 1.54) is 10.4 Å².